The SMILES string of the molecule is CC(C)C[C@@H](CO)NC(=O)Oc1ccc(N2CCCC2)c(OCC2CC2)n1. The number of hydrogen-bond acceptors (Lipinski definition) is 6. The van der Waals surface area contributed by atoms with E-state index in [0.29, 0.717) is 30.7 Å². The number of amides is 1. The molecular weight excluding hydrogens is 346 g/mol. The summed E-state index contributed by atoms with van der Waals surface area (Å²) in [6.07, 6.45) is 4.82. The average Bonchev–Trinajstić information content (AvgIpc) is 3.31. The fourth-order valence-corrected chi connectivity index (χ4v) is 3.30. The number of aliphatic hydroxyl groups excluding tert-OH is 1. The maximum absolute atomic E-state index is 12.2. The molecule has 7 nitrogen and oxygen atoms in total. The lowest BCUT2D eigenvalue weighted by Crippen LogP contribution is -2.40. The molecule has 27 heavy (non-hydrogen) atoms. The van der Waals surface area contributed by atoms with E-state index in [2.05, 4.69) is 15.2 Å². The summed E-state index contributed by atoms with van der Waals surface area (Å²) in [5.41, 5.74) is 0.967. The number of rotatable bonds is 9. The Hall–Kier alpha value is -2.02. The molecule has 1 aliphatic heterocycles. The van der Waals surface area contributed by atoms with Gasteiger partial charge in [-0.3, -0.25) is 0 Å². The lowest BCUT2D eigenvalue weighted by atomic mass is 10.0. The first-order valence-electron chi connectivity index (χ1n) is 10.0. The molecule has 2 aliphatic rings. The third kappa shape index (κ3) is 5.99. The third-order valence-corrected chi connectivity index (χ3v) is 4.91. The second-order valence-corrected chi connectivity index (χ2v) is 7.97. The molecule has 1 atom stereocenters. The lowest BCUT2D eigenvalue weighted by molar-refractivity contribution is 0.175. The highest BCUT2D eigenvalue weighted by atomic mass is 16.6. The summed E-state index contributed by atoms with van der Waals surface area (Å²) < 4.78 is 11.3. The first kappa shape index (κ1) is 19.7. The van der Waals surface area contributed by atoms with Crippen LogP contribution in [0.25, 0.3) is 0 Å². The molecule has 3 rings (SSSR count). The quantitative estimate of drug-likeness (QED) is 0.688. The van der Waals surface area contributed by atoms with Crippen LogP contribution in [0.5, 0.6) is 11.8 Å². The molecule has 1 saturated carbocycles. The molecule has 2 fully saturated rings. The van der Waals surface area contributed by atoms with Gasteiger partial charge in [0, 0.05) is 19.2 Å². The van der Waals surface area contributed by atoms with Crippen molar-refractivity contribution in [2.24, 2.45) is 11.8 Å². The smallest absolute Gasteiger partial charge is 0.414 e. The van der Waals surface area contributed by atoms with Gasteiger partial charge in [-0.25, -0.2) is 4.79 Å². The van der Waals surface area contributed by atoms with Crippen LogP contribution in [0, 0.1) is 11.8 Å². The monoisotopic (exact) mass is 377 g/mol. The van der Waals surface area contributed by atoms with Gasteiger partial charge in [0.05, 0.1) is 19.3 Å². The highest BCUT2D eigenvalue weighted by Crippen LogP contribution is 2.34. The molecule has 1 amide bonds. The molecule has 1 saturated heterocycles. The summed E-state index contributed by atoms with van der Waals surface area (Å²) in [5, 5.41) is 12.1. The van der Waals surface area contributed by atoms with Gasteiger partial charge < -0.3 is 24.8 Å². The highest BCUT2D eigenvalue weighted by molar-refractivity contribution is 5.70. The molecule has 150 valence electrons. The van der Waals surface area contributed by atoms with E-state index < -0.39 is 6.09 Å². The summed E-state index contributed by atoms with van der Waals surface area (Å²) in [4.78, 5) is 18.9. The summed E-state index contributed by atoms with van der Waals surface area (Å²) in [7, 11) is 0. The summed E-state index contributed by atoms with van der Waals surface area (Å²) >= 11 is 0. The topological polar surface area (TPSA) is 83.9 Å². The largest absolute Gasteiger partial charge is 0.476 e. The van der Waals surface area contributed by atoms with Crippen molar-refractivity contribution in [1.82, 2.24) is 10.3 Å². The van der Waals surface area contributed by atoms with Crippen molar-refractivity contribution in [1.29, 1.82) is 0 Å². The van der Waals surface area contributed by atoms with Crippen molar-refractivity contribution >= 4 is 11.8 Å². The van der Waals surface area contributed by atoms with E-state index in [1.165, 1.54) is 25.7 Å². The van der Waals surface area contributed by atoms with Crippen LogP contribution in [0.4, 0.5) is 10.5 Å². The van der Waals surface area contributed by atoms with Gasteiger partial charge in [0.15, 0.2) is 0 Å². The van der Waals surface area contributed by atoms with Crippen LogP contribution in [-0.2, 0) is 0 Å². The molecule has 0 unspecified atom stereocenters. The fraction of sp³-hybridized carbons (Fsp3) is 0.700. The Balaban J connectivity index is 1.65. The molecule has 0 aromatic carbocycles. The number of nitrogens with one attached hydrogen (secondary N) is 1. The Morgan fingerprint density at radius 1 is 1.33 bits per heavy atom. The van der Waals surface area contributed by atoms with Gasteiger partial charge >= 0.3 is 6.09 Å². The Morgan fingerprint density at radius 2 is 2.07 bits per heavy atom. The minimum atomic E-state index is -0.607. The molecule has 2 N–H and O–H groups in total. The Labute approximate surface area is 161 Å². The van der Waals surface area contributed by atoms with Crippen molar-refractivity contribution in [3.63, 3.8) is 0 Å². The minimum absolute atomic E-state index is 0.121. The van der Waals surface area contributed by atoms with Crippen molar-refractivity contribution < 1.29 is 19.4 Å². The summed E-state index contributed by atoms with van der Waals surface area (Å²) in [5.74, 6) is 1.73. The number of anilines is 1. The average molecular weight is 377 g/mol. The number of carbonyl (C=O) groups excluding carboxylic acids is 1. The standard InChI is InChI=1S/C20H31N3O4/c1-14(2)11-16(12-24)21-20(25)27-18-8-7-17(23-9-3-4-10-23)19(22-18)26-13-15-5-6-15/h7-8,14-16,24H,3-6,9-13H2,1-2H3,(H,21,25)/t16-/m0/s1. The lowest BCUT2D eigenvalue weighted by Gasteiger charge is -2.21. The minimum Gasteiger partial charge on any atom is -0.476 e. The molecule has 0 radical (unpaired) electrons. The van der Waals surface area contributed by atoms with E-state index in [0.717, 1.165) is 18.8 Å². The molecule has 7 heteroatoms. The van der Waals surface area contributed by atoms with Crippen molar-refractivity contribution in [2.45, 2.75) is 52.0 Å². The molecule has 0 spiro atoms. The van der Waals surface area contributed by atoms with Crippen molar-refractivity contribution in [3.8, 4) is 11.8 Å². The number of hydrogen-bond donors (Lipinski definition) is 2. The number of nitrogens with zero attached hydrogens (tertiary/aromatic N) is 2. The predicted molar refractivity (Wildman–Crippen MR) is 103 cm³/mol. The maximum Gasteiger partial charge on any atom is 0.414 e. The Kier molecular flexibility index (Phi) is 6.77. The molecular formula is C20H31N3O4. The summed E-state index contributed by atoms with van der Waals surface area (Å²) in [6.45, 7) is 6.61. The maximum atomic E-state index is 12.2. The van der Waals surface area contributed by atoms with Crippen molar-refractivity contribution in [3.05, 3.63) is 12.1 Å². The zero-order chi connectivity index (χ0) is 19.2. The van der Waals surface area contributed by atoms with Crippen molar-refractivity contribution in [2.75, 3.05) is 31.2 Å². The van der Waals surface area contributed by atoms with Gasteiger partial charge in [0.25, 0.3) is 0 Å². The van der Waals surface area contributed by atoms with Crippen LogP contribution in [0.3, 0.4) is 0 Å². The van der Waals surface area contributed by atoms with E-state index >= 15 is 0 Å². The number of carbonyl (C=O) groups is 1. The third-order valence-electron chi connectivity index (χ3n) is 4.91. The molecule has 2 heterocycles. The Bertz CT molecular complexity index is 628. The van der Waals surface area contributed by atoms with Crippen LogP contribution in [0.15, 0.2) is 12.1 Å². The van der Waals surface area contributed by atoms with Crippen LogP contribution in [0.1, 0.15) is 46.0 Å². The normalized spacial score (nSPS) is 17.9. The van der Waals surface area contributed by atoms with Gasteiger partial charge in [-0.15, -0.1) is 0 Å². The van der Waals surface area contributed by atoms with Gasteiger partial charge in [0.1, 0.15) is 5.69 Å². The van der Waals surface area contributed by atoms with Crippen LogP contribution in [-0.4, -0.2) is 48.5 Å². The van der Waals surface area contributed by atoms with E-state index in [9.17, 15) is 9.90 Å². The first-order chi connectivity index (χ1) is 13.0. The number of aromatic nitrogens is 1. The number of ether oxygens (including phenoxy) is 2. The molecule has 1 aromatic rings. The van der Waals surface area contributed by atoms with Crippen LogP contribution >= 0.6 is 0 Å². The predicted octanol–water partition coefficient (Wildman–Crippen LogP) is 2.97. The fourth-order valence-electron chi connectivity index (χ4n) is 3.30. The Morgan fingerprint density at radius 3 is 2.70 bits per heavy atom. The van der Waals surface area contributed by atoms with Gasteiger partial charge in [-0.2, -0.15) is 4.98 Å². The number of pyridine rings is 1. The molecule has 1 aromatic heterocycles. The van der Waals surface area contributed by atoms with Crippen LogP contribution in [0.2, 0.25) is 0 Å². The first-order valence-corrected chi connectivity index (χ1v) is 10.0. The highest BCUT2D eigenvalue weighted by Gasteiger charge is 2.25. The molecule has 0 bridgehead atoms. The van der Waals surface area contributed by atoms with E-state index in [4.69, 9.17) is 9.47 Å². The van der Waals surface area contributed by atoms with Crippen LogP contribution < -0.4 is 19.7 Å². The zero-order valence-electron chi connectivity index (χ0n) is 16.3. The van der Waals surface area contributed by atoms with E-state index in [-0.39, 0.29) is 18.5 Å². The number of aliphatic hydroxyl groups is 1. The van der Waals surface area contributed by atoms with Gasteiger partial charge in [-0.1, -0.05) is 13.8 Å². The zero-order valence-corrected chi connectivity index (χ0v) is 16.3. The van der Waals surface area contributed by atoms with E-state index in [1.807, 2.05) is 19.9 Å². The van der Waals surface area contributed by atoms with Gasteiger partial charge in [-0.05, 0) is 50.0 Å². The van der Waals surface area contributed by atoms with E-state index in [1.54, 1.807) is 6.07 Å². The summed E-state index contributed by atoms with van der Waals surface area (Å²) in [6, 6.07) is 3.29. The molecule has 1 aliphatic carbocycles. The van der Waals surface area contributed by atoms with Gasteiger partial charge in [0.2, 0.25) is 11.8 Å². The second kappa shape index (κ2) is 9.26. The second-order valence-electron chi connectivity index (χ2n) is 7.97.